The Bertz CT molecular complexity index is 560. The number of aromatic nitrogens is 2. The minimum atomic E-state index is -0.516. The zero-order valence-corrected chi connectivity index (χ0v) is 10.8. The fraction of sp³-hybridized carbons (Fsp3) is 0.231. The average molecular weight is 260 g/mol. The van der Waals surface area contributed by atoms with Gasteiger partial charge in [0.15, 0.2) is 0 Å². The molecule has 1 aromatic carbocycles. The Balaban J connectivity index is 1.97. The number of aliphatic hydroxyl groups is 1. The molecule has 6 nitrogen and oxygen atoms in total. The van der Waals surface area contributed by atoms with Gasteiger partial charge < -0.3 is 10.4 Å². The quantitative estimate of drug-likeness (QED) is 0.790. The second-order valence-corrected chi connectivity index (χ2v) is 4.22. The van der Waals surface area contributed by atoms with Crippen molar-refractivity contribution in [3.63, 3.8) is 0 Å². The van der Waals surface area contributed by atoms with E-state index in [9.17, 15) is 9.90 Å². The summed E-state index contributed by atoms with van der Waals surface area (Å²) in [6, 6.07) is 8.38. The molecule has 0 radical (unpaired) electrons. The number of amides is 2. The number of nitrogens with one attached hydrogen (secondary N) is 2. The molecule has 3 N–H and O–H groups in total. The first-order valence-electron chi connectivity index (χ1n) is 5.90. The van der Waals surface area contributed by atoms with Crippen molar-refractivity contribution in [2.45, 2.75) is 13.0 Å². The summed E-state index contributed by atoms with van der Waals surface area (Å²) in [4.78, 5) is 11.7. The van der Waals surface area contributed by atoms with Crippen LogP contribution in [-0.4, -0.2) is 20.9 Å². The Morgan fingerprint density at radius 3 is 2.47 bits per heavy atom. The third-order valence-corrected chi connectivity index (χ3v) is 2.71. The van der Waals surface area contributed by atoms with E-state index >= 15 is 0 Å². The van der Waals surface area contributed by atoms with E-state index in [1.807, 2.05) is 0 Å². The monoisotopic (exact) mass is 260 g/mol. The van der Waals surface area contributed by atoms with E-state index < -0.39 is 6.10 Å². The van der Waals surface area contributed by atoms with Gasteiger partial charge in [-0.15, -0.1) is 0 Å². The van der Waals surface area contributed by atoms with Crippen LogP contribution in [0.25, 0.3) is 0 Å². The number of urea groups is 1. The molecule has 0 saturated heterocycles. The molecule has 0 bridgehead atoms. The molecule has 0 aliphatic rings. The minimum absolute atomic E-state index is 0.339. The SMILES string of the molecule is CC(O)c1ccc(NC(=O)Nc2ccnn2C)cc1. The normalized spacial score (nSPS) is 11.9. The Labute approximate surface area is 111 Å². The van der Waals surface area contributed by atoms with E-state index in [0.717, 1.165) is 5.56 Å². The van der Waals surface area contributed by atoms with E-state index in [-0.39, 0.29) is 6.03 Å². The van der Waals surface area contributed by atoms with Crippen LogP contribution in [0.5, 0.6) is 0 Å². The molecule has 0 spiro atoms. The molecule has 1 atom stereocenters. The Kier molecular flexibility index (Phi) is 3.82. The predicted octanol–water partition coefficient (Wildman–Crippen LogP) is 2.12. The average Bonchev–Trinajstić information content (AvgIpc) is 2.75. The van der Waals surface area contributed by atoms with Gasteiger partial charge in [0.05, 0.1) is 12.3 Å². The van der Waals surface area contributed by atoms with Crippen LogP contribution < -0.4 is 10.6 Å². The number of benzene rings is 1. The first-order valence-corrected chi connectivity index (χ1v) is 5.90. The van der Waals surface area contributed by atoms with Gasteiger partial charge in [-0.05, 0) is 24.6 Å². The number of aryl methyl sites for hydroxylation is 1. The molecular formula is C13H16N4O2. The van der Waals surface area contributed by atoms with Crippen LogP contribution >= 0.6 is 0 Å². The van der Waals surface area contributed by atoms with Crippen molar-refractivity contribution in [3.8, 4) is 0 Å². The van der Waals surface area contributed by atoms with Crippen molar-refractivity contribution in [2.24, 2.45) is 7.05 Å². The van der Waals surface area contributed by atoms with E-state index in [4.69, 9.17) is 0 Å². The molecule has 0 aliphatic carbocycles. The highest BCUT2D eigenvalue weighted by molar-refractivity contribution is 5.99. The molecule has 0 saturated carbocycles. The van der Waals surface area contributed by atoms with Crippen molar-refractivity contribution in [2.75, 3.05) is 10.6 Å². The summed E-state index contributed by atoms with van der Waals surface area (Å²) in [7, 11) is 1.74. The summed E-state index contributed by atoms with van der Waals surface area (Å²) in [6.07, 6.45) is 1.09. The summed E-state index contributed by atoms with van der Waals surface area (Å²) in [5, 5.41) is 18.7. The summed E-state index contributed by atoms with van der Waals surface area (Å²) in [5.74, 6) is 0.609. The molecular weight excluding hydrogens is 244 g/mol. The fourth-order valence-electron chi connectivity index (χ4n) is 1.62. The first kappa shape index (κ1) is 13.1. The van der Waals surface area contributed by atoms with Gasteiger partial charge >= 0.3 is 6.03 Å². The van der Waals surface area contributed by atoms with E-state index in [0.29, 0.717) is 11.5 Å². The van der Waals surface area contributed by atoms with Gasteiger partial charge in [0.2, 0.25) is 0 Å². The molecule has 2 rings (SSSR count). The first-order chi connectivity index (χ1) is 9.06. The number of anilines is 2. The van der Waals surface area contributed by atoms with E-state index in [2.05, 4.69) is 15.7 Å². The second-order valence-electron chi connectivity index (χ2n) is 4.22. The zero-order chi connectivity index (χ0) is 13.8. The highest BCUT2D eigenvalue weighted by atomic mass is 16.3. The molecule has 0 aliphatic heterocycles. The molecule has 2 aromatic rings. The van der Waals surface area contributed by atoms with Gasteiger partial charge in [-0.1, -0.05) is 12.1 Å². The molecule has 100 valence electrons. The van der Waals surface area contributed by atoms with Gasteiger partial charge in [-0.3, -0.25) is 10.00 Å². The Hall–Kier alpha value is -2.34. The lowest BCUT2D eigenvalue weighted by molar-refractivity contribution is 0.199. The number of hydrogen-bond donors (Lipinski definition) is 3. The molecule has 1 heterocycles. The molecule has 0 fully saturated rings. The zero-order valence-electron chi connectivity index (χ0n) is 10.8. The molecule has 1 aromatic heterocycles. The lowest BCUT2D eigenvalue weighted by Gasteiger charge is -2.09. The summed E-state index contributed by atoms with van der Waals surface area (Å²) in [5.41, 5.74) is 1.46. The maximum absolute atomic E-state index is 11.7. The summed E-state index contributed by atoms with van der Waals surface area (Å²) >= 11 is 0. The number of carbonyl (C=O) groups excluding carboxylic acids is 1. The van der Waals surface area contributed by atoms with E-state index in [1.54, 1.807) is 55.2 Å². The Morgan fingerprint density at radius 1 is 1.26 bits per heavy atom. The van der Waals surface area contributed by atoms with Gasteiger partial charge in [-0.2, -0.15) is 5.10 Å². The largest absolute Gasteiger partial charge is 0.389 e. The van der Waals surface area contributed by atoms with Crippen LogP contribution in [0.1, 0.15) is 18.6 Å². The van der Waals surface area contributed by atoms with Crippen LogP contribution in [-0.2, 0) is 7.05 Å². The lowest BCUT2D eigenvalue weighted by atomic mass is 10.1. The number of hydrogen-bond acceptors (Lipinski definition) is 3. The van der Waals surface area contributed by atoms with Crippen LogP contribution in [0.2, 0.25) is 0 Å². The van der Waals surface area contributed by atoms with Crippen LogP contribution in [0.15, 0.2) is 36.5 Å². The highest BCUT2D eigenvalue weighted by Crippen LogP contribution is 2.15. The van der Waals surface area contributed by atoms with Crippen molar-refractivity contribution >= 4 is 17.5 Å². The molecule has 19 heavy (non-hydrogen) atoms. The van der Waals surface area contributed by atoms with Gasteiger partial charge in [0, 0.05) is 18.8 Å². The predicted molar refractivity (Wildman–Crippen MR) is 72.9 cm³/mol. The number of nitrogens with zero attached hydrogens (tertiary/aromatic N) is 2. The number of aliphatic hydroxyl groups excluding tert-OH is 1. The topological polar surface area (TPSA) is 79.2 Å². The summed E-state index contributed by atoms with van der Waals surface area (Å²) in [6.45, 7) is 1.69. The van der Waals surface area contributed by atoms with Crippen molar-refractivity contribution in [1.29, 1.82) is 0 Å². The molecule has 6 heteroatoms. The van der Waals surface area contributed by atoms with Crippen molar-refractivity contribution < 1.29 is 9.90 Å². The maximum atomic E-state index is 11.7. The van der Waals surface area contributed by atoms with Gasteiger partial charge in [-0.25, -0.2) is 4.79 Å². The Morgan fingerprint density at radius 2 is 1.95 bits per heavy atom. The molecule has 1 unspecified atom stereocenters. The van der Waals surface area contributed by atoms with E-state index in [1.165, 1.54) is 0 Å². The third-order valence-electron chi connectivity index (χ3n) is 2.71. The standard InChI is InChI=1S/C13H16N4O2/c1-9(18)10-3-5-11(6-4-10)15-13(19)16-12-7-8-14-17(12)2/h3-9,18H,1-2H3,(H2,15,16,19). The van der Waals surface area contributed by atoms with Crippen LogP contribution in [0.4, 0.5) is 16.3 Å². The molecule has 2 amide bonds. The smallest absolute Gasteiger partial charge is 0.324 e. The van der Waals surface area contributed by atoms with Crippen molar-refractivity contribution in [3.05, 3.63) is 42.1 Å². The fourth-order valence-corrected chi connectivity index (χ4v) is 1.62. The van der Waals surface area contributed by atoms with Crippen LogP contribution in [0, 0.1) is 0 Å². The lowest BCUT2D eigenvalue weighted by Crippen LogP contribution is -2.21. The van der Waals surface area contributed by atoms with Crippen LogP contribution in [0.3, 0.4) is 0 Å². The second kappa shape index (κ2) is 5.53. The van der Waals surface area contributed by atoms with Gasteiger partial charge in [0.1, 0.15) is 5.82 Å². The third kappa shape index (κ3) is 3.32. The maximum Gasteiger partial charge on any atom is 0.324 e. The van der Waals surface area contributed by atoms with Gasteiger partial charge in [0.25, 0.3) is 0 Å². The van der Waals surface area contributed by atoms with Crippen molar-refractivity contribution in [1.82, 2.24) is 9.78 Å². The minimum Gasteiger partial charge on any atom is -0.389 e. The number of carbonyl (C=O) groups is 1. The highest BCUT2D eigenvalue weighted by Gasteiger charge is 2.06. The number of rotatable bonds is 3. The summed E-state index contributed by atoms with van der Waals surface area (Å²) < 4.78 is 1.57.